The lowest BCUT2D eigenvalue weighted by atomic mass is 10.0. The van der Waals surface area contributed by atoms with E-state index in [-0.39, 0.29) is 12.5 Å². The highest BCUT2D eigenvalue weighted by atomic mass is 31.2. The van der Waals surface area contributed by atoms with Crippen LogP contribution in [-0.2, 0) is 18.4 Å². The molecule has 0 aromatic carbocycles. The molecule has 3 atom stereocenters. The second-order valence-corrected chi connectivity index (χ2v) is 23.8. The van der Waals surface area contributed by atoms with E-state index in [4.69, 9.17) is 9.05 Å². The van der Waals surface area contributed by atoms with Gasteiger partial charge in [0.05, 0.1) is 39.9 Å². The van der Waals surface area contributed by atoms with Crippen LogP contribution in [0.4, 0.5) is 0 Å². The lowest BCUT2D eigenvalue weighted by Gasteiger charge is -2.29. The van der Waals surface area contributed by atoms with Gasteiger partial charge in [0.15, 0.2) is 0 Å². The topological polar surface area (TPSA) is 108 Å². The molecule has 2 N–H and O–H groups in total. The lowest BCUT2D eigenvalue weighted by molar-refractivity contribution is -0.870. The fraction of sp³-hybridized carbons (Fsp3) is 0.603. The Labute approximate surface area is 504 Å². The molecule has 0 heterocycles. The van der Waals surface area contributed by atoms with Crippen molar-refractivity contribution in [2.75, 3.05) is 40.9 Å². The summed E-state index contributed by atoms with van der Waals surface area (Å²) in [6, 6.07) is -0.931. The first kappa shape index (κ1) is 77.9. The van der Waals surface area contributed by atoms with E-state index in [2.05, 4.69) is 177 Å². The van der Waals surface area contributed by atoms with Gasteiger partial charge < -0.3 is 28.8 Å². The predicted molar refractivity (Wildman–Crippen MR) is 357 cm³/mol. The molecular weight excluding hydrogens is 1030 g/mol. The molecule has 0 aliphatic rings. The smallest absolute Gasteiger partial charge is 0.268 e. The Kier molecular flexibility index (Phi) is 58.3. The van der Waals surface area contributed by atoms with Crippen molar-refractivity contribution in [3.8, 4) is 0 Å². The number of nitrogens with one attached hydrogen (secondary N) is 1. The summed E-state index contributed by atoms with van der Waals surface area (Å²) >= 11 is 0. The van der Waals surface area contributed by atoms with E-state index in [0.29, 0.717) is 23.9 Å². The Morgan fingerprint density at radius 2 is 0.756 bits per heavy atom. The molecule has 0 aromatic rings. The third-order valence-corrected chi connectivity index (χ3v) is 14.4. The average Bonchev–Trinajstić information content (AvgIpc) is 3.47. The van der Waals surface area contributed by atoms with Gasteiger partial charge in [0, 0.05) is 6.42 Å². The summed E-state index contributed by atoms with van der Waals surface area (Å²) in [6.45, 7) is 4.48. The van der Waals surface area contributed by atoms with Gasteiger partial charge in [0.25, 0.3) is 7.82 Å². The molecule has 0 spiro atoms. The van der Waals surface area contributed by atoms with Gasteiger partial charge in [-0.25, -0.2) is 0 Å². The number of carbonyl (C=O) groups excluding carboxylic acids is 1. The normalized spacial score (nSPS) is 14.9. The van der Waals surface area contributed by atoms with Gasteiger partial charge in [-0.05, 0) is 122 Å². The number of unbranched alkanes of at least 4 members (excludes halogenated alkanes) is 18. The average molecular weight is 1150 g/mol. The van der Waals surface area contributed by atoms with Crippen molar-refractivity contribution in [2.24, 2.45) is 0 Å². The standard InChI is InChI=1S/C73H121N2O6P/c1-6-8-10-12-14-16-18-20-22-24-26-27-28-29-30-31-32-33-34-35-36-37-38-39-40-41-42-43-44-45-46-47-49-51-53-55-57-59-61-63-65-67-73(77)74-71(70-81-82(78,79)80-69-68-75(3,4)5)72(76)66-64-62-60-58-56-54-52-50-48-25-23-21-19-17-15-13-11-9-7-2/h8,10,14,16,20,22,26-27,29-30,32-33,35-36,38-39,41-42,44-45,47,49,53,55-56,58,64,66,71-72,76H,6-7,9,11-13,15,17-19,21,23-25,28,31,34,37,40,43,46,48,50-52,54,57,59-63,65,67-70H2,1-5H3,(H-,74,77,78,79)/b10-8-,16-14-,22-20-,27-26-,30-29-,33-32-,36-35-,39-38-,42-41-,45-44-,49-47-,55-53-,58-56+,66-64+. The predicted octanol–water partition coefficient (Wildman–Crippen LogP) is 20.1. The van der Waals surface area contributed by atoms with Gasteiger partial charge in [0.1, 0.15) is 13.2 Å². The monoisotopic (exact) mass is 1150 g/mol. The summed E-state index contributed by atoms with van der Waals surface area (Å²) in [6.07, 6.45) is 97.4. The highest BCUT2D eigenvalue weighted by Gasteiger charge is 2.23. The number of aliphatic hydroxyl groups is 1. The van der Waals surface area contributed by atoms with Gasteiger partial charge in [-0.2, -0.15) is 0 Å². The van der Waals surface area contributed by atoms with Crippen molar-refractivity contribution in [2.45, 2.75) is 244 Å². The maximum absolute atomic E-state index is 13.0. The Morgan fingerprint density at radius 1 is 0.439 bits per heavy atom. The van der Waals surface area contributed by atoms with Crippen molar-refractivity contribution in [3.63, 3.8) is 0 Å². The molecule has 8 nitrogen and oxygen atoms in total. The maximum Gasteiger partial charge on any atom is 0.268 e. The number of likely N-dealkylation sites (N-methyl/N-ethyl adjacent to an activating group) is 1. The summed E-state index contributed by atoms with van der Waals surface area (Å²) in [5.74, 6) is -0.238. The molecule has 0 aliphatic carbocycles. The Bertz CT molecular complexity index is 1940. The zero-order valence-electron chi connectivity index (χ0n) is 52.9. The maximum atomic E-state index is 13.0. The Balaban J connectivity index is 4.25. The molecule has 9 heteroatoms. The number of phosphoric ester groups is 1. The van der Waals surface area contributed by atoms with Crippen molar-refractivity contribution in [3.05, 3.63) is 170 Å². The van der Waals surface area contributed by atoms with Gasteiger partial charge in [-0.15, -0.1) is 0 Å². The molecule has 1 amide bonds. The van der Waals surface area contributed by atoms with Crippen LogP contribution in [0.2, 0.25) is 0 Å². The van der Waals surface area contributed by atoms with E-state index < -0.39 is 26.6 Å². The van der Waals surface area contributed by atoms with E-state index >= 15 is 0 Å². The van der Waals surface area contributed by atoms with Crippen LogP contribution in [0.1, 0.15) is 232 Å². The first-order valence-corrected chi connectivity index (χ1v) is 34.0. The van der Waals surface area contributed by atoms with Crippen molar-refractivity contribution in [1.29, 1.82) is 0 Å². The summed E-state index contributed by atoms with van der Waals surface area (Å²) < 4.78 is 23.3. The molecule has 0 saturated carbocycles. The highest BCUT2D eigenvalue weighted by molar-refractivity contribution is 7.45. The fourth-order valence-electron chi connectivity index (χ4n) is 8.38. The van der Waals surface area contributed by atoms with Crippen LogP contribution in [0.25, 0.3) is 0 Å². The number of aliphatic hydroxyl groups excluding tert-OH is 1. The van der Waals surface area contributed by atoms with Crippen LogP contribution in [0.3, 0.4) is 0 Å². The molecular formula is C73H121N2O6P. The largest absolute Gasteiger partial charge is 0.756 e. The quantitative estimate of drug-likeness (QED) is 0.0272. The second kappa shape index (κ2) is 61.4. The Hall–Kier alpha value is -4.14. The molecule has 0 rings (SSSR count). The summed E-state index contributed by atoms with van der Waals surface area (Å²) in [4.78, 5) is 25.5. The molecule has 0 aromatic heterocycles. The second-order valence-electron chi connectivity index (χ2n) is 22.4. The minimum atomic E-state index is -4.63. The Morgan fingerprint density at radius 3 is 1.13 bits per heavy atom. The molecule has 0 saturated heterocycles. The van der Waals surface area contributed by atoms with Crippen LogP contribution >= 0.6 is 7.82 Å². The molecule has 0 radical (unpaired) electrons. The zero-order valence-corrected chi connectivity index (χ0v) is 53.8. The zero-order chi connectivity index (χ0) is 59.8. The summed E-state index contributed by atoms with van der Waals surface area (Å²) in [5, 5.41) is 13.9. The van der Waals surface area contributed by atoms with Crippen LogP contribution in [0.5, 0.6) is 0 Å². The van der Waals surface area contributed by atoms with Crippen LogP contribution < -0.4 is 10.2 Å². The van der Waals surface area contributed by atoms with Crippen molar-refractivity contribution in [1.82, 2.24) is 5.32 Å². The SMILES string of the molecule is CC/C=C\C/C=C\C/C=C\C/C=C\C/C=C\C/C=C\C/C=C\C/C=C\C/C=C\C/C=C\C/C=C\C/C=C\CCCCCCC(=O)NC(COP(=O)([O-])OCC[N+](C)(C)C)C(O)/C=C/CC/C=C/CCCCCCCCCCCCCCC. The van der Waals surface area contributed by atoms with E-state index in [1.165, 1.54) is 83.5 Å². The van der Waals surface area contributed by atoms with Crippen molar-refractivity contribution >= 4 is 13.7 Å². The van der Waals surface area contributed by atoms with Crippen LogP contribution in [0, 0.1) is 0 Å². The number of hydrogen-bond donors (Lipinski definition) is 2. The number of quaternary nitrogens is 1. The highest BCUT2D eigenvalue weighted by Crippen LogP contribution is 2.38. The van der Waals surface area contributed by atoms with E-state index in [1.807, 2.05) is 27.2 Å². The minimum absolute atomic E-state index is 0.0206. The molecule has 3 unspecified atom stereocenters. The third kappa shape index (κ3) is 63.4. The van der Waals surface area contributed by atoms with E-state index in [9.17, 15) is 19.4 Å². The van der Waals surface area contributed by atoms with Crippen LogP contribution in [0.15, 0.2) is 170 Å². The van der Waals surface area contributed by atoms with E-state index in [0.717, 1.165) is 122 Å². The molecule has 0 bridgehead atoms. The van der Waals surface area contributed by atoms with E-state index in [1.54, 1.807) is 6.08 Å². The van der Waals surface area contributed by atoms with Gasteiger partial charge >= 0.3 is 0 Å². The molecule has 0 aliphatic heterocycles. The number of allylic oxidation sites excluding steroid dienone is 27. The lowest BCUT2D eigenvalue weighted by Crippen LogP contribution is -2.45. The number of phosphoric acid groups is 1. The number of hydrogen-bond acceptors (Lipinski definition) is 6. The molecule has 464 valence electrons. The summed E-state index contributed by atoms with van der Waals surface area (Å²) in [7, 11) is 1.20. The van der Waals surface area contributed by atoms with Gasteiger partial charge in [0.2, 0.25) is 5.91 Å². The third-order valence-electron chi connectivity index (χ3n) is 13.4. The number of rotatable bonds is 57. The summed E-state index contributed by atoms with van der Waals surface area (Å²) in [5.41, 5.74) is 0. The molecule has 82 heavy (non-hydrogen) atoms. The minimum Gasteiger partial charge on any atom is -0.756 e. The number of carbonyl (C=O) groups is 1. The number of nitrogens with zero attached hydrogens (tertiary/aromatic N) is 1. The first-order valence-electron chi connectivity index (χ1n) is 32.5. The number of amides is 1. The fourth-order valence-corrected chi connectivity index (χ4v) is 9.11. The van der Waals surface area contributed by atoms with Gasteiger partial charge in [-0.1, -0.05) is 274 Å². The van der Waals surface area contributed by atoms with Gasteiger partial charge in [-0.3, -0.25) is 9.36 Å². The molecule has 0 fully saturated rings. The first-order chi connectivity index (χ1) is 40.0. The van der Waals surface area contributed by atoms with Crippen LogP contribution in [-0.4, -0.2) is 68.5 Å². The van der Waals surface area contributed by atoms with Crippen molar-refractivity contribution < 1.29 is 32.9 Å².